The van der Waals surface area contributed by atoms with Crippen molar-refractivity contribution < 1.29 is 4.57 Å². The molecule has 0 radical (unpaired) electrons. The number of hydrogen-bond acceptors (Lipinski definition) is 3. The molecule has 0 fully saturated rings. The van der Waals surface area contributed by atoms with Crippen molar-refractivity contribution in [2.45, 2.75) is 20.4 Å². The summed E-state index contributed by atoms with van der Waals surface area (Å²) < 4.78 is 4.01. The van der Waals surface area contributed by atoms with Gasteiger partial charge in [0.1, 0.15) is 5.69 Å². The van der Waals surface area contributed by atoms with Gasteiger partial charge in [-0.3, -0.25) is 0 Å². The third-order valence-corrected chi connectivity index (χ3v) is 2.89. The monoisotopic (exact) mass is 258 g/mol. The molecule has 0 amide bonds. The molecule has 100 valence electrons. The summed E-state index contributed by atoms with van der Waals surface area (Å²) >= 11 is 0. The molecule has 0 unspecified atom stereocenters. The maximum absolute atomic E-state index is 4.31. The first-order valence-corrected chi connectivity index (χ1v) is 6.55. The van der Waals surface area contributed by atoms with Crippen molar-refractivity contribution in [1.29, 1.82) is 0 Å². The van der Waals surface area contributed by atoms with Crippen LogP contribution >= 0.6 is 0 Å². The number of hydrogen-bond donors (Lipinski definition) is 1. The van der Waals surface area contributed by atoms with E-state index in [-0.39, 0.29) is 0 Å². The average molecular weight is 258 g/mol. The minimum atomic E-state index is 0.846. The van der Waals surface area contributed by atoms with Crippen molar-refractivity contribution in [3.63, 3.8) is 0 Å². The van der Waals surface area contributed by atoms with E-state index in [0.29, 0.717) is 0 Å². The first-order chi connectivity index (χ1) is 9.24. The quantitative estimate of drug-likeness (QED) is 0.649. The number of nitrogens with zero attached hydrogens (tertiary/aromatic N) is 4. The van der Waals surface area contributed by atoms with Crippen LogP contribution in [0.1, 0.15) is 13.8 Å². The smallest absolute Gasteiger partial charge is 0.385 e. The van der Waals surface area contributed by atoms with Gasteiger partial charge >= 0.3 is 5.95 Å². The van der Waals surface area contributed by atoms with E-state index in [1.165, 1.54) is 0 Å². The van der Waals surface area contributed by atoms with E-state index in [2.05, 4.69) is 34.0 Å². The summed E-state index contributed by atoms with van der Waals surface area (Å²) in [7, 11) is 1.97. The molecule has 0 aliphatic carbocycles. The Morgan fingerprint density at radius 1 is 1.16 bits per heavy atom. The van der Waals surface area contributed by atoms with Gasteiger partial charge in [-0.05, 0) is 38.1 Å². The predicted octanol–water partition coefficient (Wildman–Crippen LogP) is 3.18. The van der Waals surface area contributed by atoms with Gasteiger partial charge in [0, 0.05) is 17.3 Å². The maximum Gasteiger partial charge on any atom is 0.421 e. The lowest BCUT2D eigenvalue weighted by molar-refractivity contribution is -0.680. The Morgan fingerprint density at radius 2 is 1.89 bits per heavy atom. The largest absolute Gasteiger partial charge is 0.421 e. The fraction of sp³-hybridized carbons (Fsp3) is 0.357. The molecule has 0 atom stereocenters. The summed E-state index contributed by atoms with van der Waals surface area (Å²) in [5, 5.41) is 11.8. The lowest BCUT2D eigenvalue weighted by atomic mass is 10.3. The number of aryl methyl sites for hydroxylation is 2. The summed E-state index contributed by atoms with van der Waals surface area (Å²) in [6.45, 7) is 5.96. The Bertz CT molecular complexity index is 554. The van der Waals surface area contributed by atoms with Crippen LogP contribution in [0.3, 0.4) is 0 Å². The van der Waals surface area contributed by atoms with Crippen molar-refractivity contribution in [3.05, 3.63) is 36.7 Å². The summed E-state index contributed by atoms with van der Waals surface area (Å²) in [4.78, 5) is 0. The number of benzene rings is 1. The third kappa shape index (κ3) is 3.19. The summed E-state index contributed by atoms with van der Waals surface area (Å²) in [6.07, 6.45) is 3.98. The molecule has 0 saturated carbocycles. The number of nitrogens with one attached hydrogen (secondary N) is 1. The minimum Gasteiger partial charge on any atom is -0.385 e. The molecule has 2 aromatic rings. The van der Waals surface area contributed by atoms with Crippen LogP contribution in [0.5, 0.6) is 0 Å². The van der Waals surface area contributed by atoms with Crippen molar-refractivity contribution in [2.75, 3.05) is 11.9 Å². The van der Waals surface area contributed by atoms with Gasteiger partial charge in [0.2, 0.25) is 0 Å². The van der Waals surface area contributed by atoms with Crippen molar-refractivity contribution in [2.24, 2.45) is 17.3 Å². The molecule has 0 aliphatic heterocycles. The SMILES string of the molecule is CCNc1ccc(N=Nc2n(C)cc[n+]2CC)cc1. The van der Waals surface area contributed by atoms with Crippen LogP contribution in [0.25, 0.3) is 0 Å². The normalized spacial score (nSPS) is 11.1. The van der Waals surface area contributed by atoms with Crippen LogP contribution in [0.15, 0.2) is 46.9 Å². The van der Waals surface area contributed by atoms with Gasteiger partial charge in [-0.15, -0.1) is 0 Å². The minimum absolute atomic E-state index is 0.846. The topological polar surface area (TPSA) is 45.6 Å². The molecular formula is C14H20N5+. The number of azo groups is 1. The number of imidazole rings is 1. The summed E-state index contributed by atoms with van der Waals surface area (Å²) in [5.41, 5.74) is 1.95. The van der Waals surface area contributed by atoms with E-state index in [4.69, 9.17) is 0 Å². The fourth-order valence-electron chi connectivity index (χ4n) is 1.84. The Hall–Kier alpha value is -2.17. The Morgan fingerprint density at radius 3 is 2.53 bits per heavy atom. The predicted molar refractivity (Wildman–Crippen MR) is 76.1 cm³/mol. The van der Waals surface area contributed by atoms with E-state index in [9.17, 15) is 0 Å². The molecule has 1 aromatic carbocycles. The highest BCUT2D eigenvalue weighted by molar-refractivity contribution is 5.50. The second-order valence-corrected chi connectivity index (χ2v) is 4.27. The molecule has 0 aliphatic rings. The van der Waals surface area contributed by atoms with Gasteiger partial charge < -0.3 is 5.32 Å². The van der Waals surface area contributed by atoms with Crippen molar-refractivity contribution >= 4 is 17.3 Å². The van der Waals surface area contributed by atoms with Crippen LogP contribution in [-0.4, -0.2) is 11.1 Å². The number of anilines is 1. The van der Waals surface area contributed by atoms with Gasteiger partial charge in [-0.1, -0.05) is 5.11 Å². The zero-order valence-electron chi connectivity index (χ0n) is 11.7. The highest BCUT2D eigenvalue weighted by Gasteiger charge is 2.12. The first-order valence-electron chi connectivity index (χ1n) is 6.55. The van der Waals surface area contributed by atoms with E-state index < -0.39 is 0 Å². The van der Waals surface area contributed by atoms with Crippen LogP contribution in [0.4, 0.5) is 17.3 Å². The molecule has 1 N–H and O–H groups in total. The zero-order valence-corrected chi connectivity index (χ0v) is 11.7. The maximum atomic E-state index is 4.31. The molecule has 1 aromatic heterocycles. The number of aromatic nitrogens is 2. The van der Waals surface area contributed by atoms with Crippen LogP contribution in [-0.2, 0) is 13.6 Å². The molecule has 0 saturated heterocycles. The Labute approximate surface area is 113 Å². The van der Waals surface area contributed by atoms with Gasteiger partial charge in [-0.25, -0.2) is 9.13 Å². The van der Waals surface area contributed by atoms with Crippen LogP contribution in [0.2, 0.25) is 0 Å². The molecule has 1 heterocycles. The second kappa shape index (κ2) is 6.13. The molecule has 5 nitrogen and oxygen atoms in total. The van der Waals surface area contributed by atoms with Gasteiger partial charge in [0.05, 0.1) is 26.0 Å². The Kier molecular flexibility index (Phi) is 4.28. The Balaban J connectivity index is 2.15. The highest BCUT2D eigenvalue weighted by atomic mass is 15.3. The van der Waals surface area contributed by atoms with E-state index in [0.717, 1.165) is 30.4 Å². The van der Waals surface area contributed by atoms with Crippen molar-refractivity contribution in [1.82, 2.24) is 4.57 Å². The third-order valence-electron chi connectivity index (χ3n) is 2.89. The van der Waals surface area contributed by atoms with Crippen molar-refractivity contribution in [3.8, 4) is 0 Å². The first kappa shape index (κ1) is 13.3. The lowest BCUT2D eigenvalue weighted by Crippen LogP contribution is -2.30. The van der Waals surface area contributed by atoms with E-state index in [1.807, 2.05) is 48.3 Å². The summed E-state index contributed by atoms with van der Waals surface area (Å²) in [6, 6.07) is 7.94. The molecule has 2 rings (SSSR count). The highest BCUT2D eigenvalue weighted by Crippen LogP contribution is 2.18. The molecule has 0 bridgehead atoms. The van der Waals surface area contributed by atoms with Gasteiger partial charge in [0.25, 0.3) is 0 Å². The van der Waals surface area contributed by atoms with Crippen LogP contribution in [0, 0.1) is 0 Å². The van der Waals surface area contributed by atoms with Crippen LogP contribution < -0.4 is 9.88 Å². The van der Waals surface area contributed by atoms with E-state index in [1.54, 1.807) is 0 Å². The van der Waals surface area contributed by atoms with E-state index >= 15 is 0 Å². The fourth-order valence-corrected chi connectivity index (χ4v) is 1.84. The second-order valence-electron chi connectivity index (χ2n) is 4.27. The lowest BCUT2D eigenvalue weighted by Gasteiger charge is -2.01. The average Bonchev–Trinajstić information content (AvgIpc) is 2.79. The zero-order chi connectivity index (χ0) is 13.7. The van der Waals surface area contributed by atoms with Gasteiger partial charge in [-0.2, -0.15) is 0 Å². The standard InChI is InChI=1S/C14H19N5/c1-4-15-12-6-8-13(9-7-12)16-17-14-18(3)10-11-19(14)5-2/h6-11H,4-5H2,1-3H3/p+1. The number of rotatable bonds is 5. The molecule has 19 heavy (non-hydrogen) atoms. The molecule has 5 heteroatoms. The molecule has 0 spiro atoms. The van der Waals surface area contributed by atoms with Gasteiger partial charge in [0.15, 0.2) is 0 Å². The molecular weight excluding hydrogens is 238 g/mol. The summed E-state index contributed by atoms with van der Waals surface area (Å²) in [5.74, 6) is 0.846.